The van der Waals surface area contributed by atoms with Crippen LogP contribution in [-0.4, -0.2) is 21.0 Å². The summed E-state index contributed by atoms with van der Waals surface area (Å²) in [6.07, 6.45) is 0. The minimum Gasteiger partial charge on any atom is -0.436 e. The van der Waals surface area contributed by atoms with Crippen molar-refractivity contribution in [3.63, 3.8) is 0 Å². The van der Waals surface area contributed by atoms with E-state index in [0.717, 1.165) is 5.56 Å². The quantitative estimate of drug-likeness (QED) is 0.779. The molecular weight excluding hydrogens is 332 g/mol. The third kappa shape index (κ3) is 3.30. The zero-order chi connectivity index (χ0) is 17.3. The fourth-order valence-electron chi connectivity index (χ4n) is 2.32. The molecule has 0 saturated heterocycles. The highest BCUT2D eigenvalue weighted by molar-refractivity contribution is 6.30. The molecule has 0 aliphatic carbocycles. The Kier molecular flexibility index (Phi) is 4.35. The molecule has 1 aromatic carbocycles. The molecule has 24 heavy (non-hydrogen) atoms. The molecule has 0 aliphatic rings. The summed E-state index contributed by atoms with van der Waals surface area (Å²) in [5, 5.41) is 7.35. The lowest BCUT2D eigenvalue weighted by atomic mass is 10.1. The number of carbonyl (C=O) groups excluding carboxylic acids is 1. The van der Waals surface area contributed by atoms with Crippen molar-refractivity contribution in [3.05, 3.63) is 63.9 Å². The molecule has 0 unspecified atom stereocenters. The fourth-order valence-corrected chi connectivity index (χ4v) is 2.45. The van der Waals surface area contributed by atoms with Crippen LogP contribution in [0.3, 0.4) is 0 Å². The fraction of sp³-hybridized carbons (Fsp3) is 0.250. The predicted molar refractivity (Wildman–Crippen MR) is 85.8 cm³/mol. The lowest BCUT2D eigenvalue weighted by Crippen LogP contribution is -2.30. The molecule has 0 fully saturated rings. The third-order valence-corrected chi connectivity index (χ3v) is 3.64. The number of nitrogens with one attached hydrogen (secondary N) is 1. The summed E-state index contributed by atoms with van der Waals surface area (Å²) in [5.74, 6) is 0.931. The summed E-state index contributed by atoms with van der Waals surface area (Å²) in [4.78, 5) is 20.9. The number of aryl methyl sites for hydroxylation is 3. The number of aromatic nitrogens is 3. The maximum atomic E-state index is 12.6. The van der Waals surface area contributed by atoms with Gasteiger partial charge in [0, 0.05) is 18.9 Å². The number of benzene rings is 1. The minimum atomic E-state index is -0.600. The maximum Gasteiger partial charge on any atom is 0.289 e. The Labute approximate surface area is 143 Å². The van der Waals surface area contributed by atoms with Gasteiger partial charge in [-0.1, -0.05) is 28.9 Å². The number of halogens is 1. The molecule has 0 radical (unpaired) electrons. The highest BCUT2D eigenvalue weighted by Crippen LogP contribution is 2.23. The SMILES string of the molecule is Cc1nc([C@@H](NC(=O)c2oc(C)nc2C)c2ccc(Cl)cc2)no1. The van der Waals surface area contributed by atoms with E-state index in [2.05, 4.69) is 20.4 Å². The molecule has 8 heteroatoms. The first-order valence-corrected chi connectivity index (χ1v) is 7.62. The summed E-state index contributed by atoms with van der Waals surface area (Å²) in [5.41, 5.74) is 1.28. The molecular formula is C16H15ClN4O3. The van der Waals surface area contributed by atoms with Gasteiger partial charge in [0.05, 0.1) is 5.69 Å². The first-order chi connectivity index (χ1) is 11.4. The van der Waals surface area contributed by atoms with E-state index in [4.69, 9.17) is 20.5 Å². The Balaban J connectivity index is 1.94. The Morgan fingerprint density at radius 2 is 1.83 bits per heavy atom. The second-order valence-electron chi connectivity index (χ2n) is 5.28. The van der Waals surface area contributed by atoms with E-state index in [9.17, 15) is 4.79 Å². The van der Waals surface area contributed by atoms with E-state index in [-0.39, 0.29) is 5.76 Å². The van der Waals surface area contributed by atoms with E-state index in [0.29, 0.717) is 28.3 Å². The molecule has 1 amide bonds. The van der Waals surface area contributed by atoms with Crippen LogP contribution in [0.25, 0.3) is 0 Å². The Morgan fingerprint density at radius 1 is 1.12 bits per heavy atom. The predicted octanol–water partition coefficient (Wildman–Crippen LogP) is 3.16. The van der Waals surface area contributed by atoms with Crippen LogP contribution in [-0.2, 0) is 0 Å². The van der Waals surface area contributed by atoms with Gasteiger partial charge in [-0.2, -0.15) is 4.98 Å². The maximum absolute atomic E-state index is 12.6. The van der Waals surface area contributed by atoms with Crippen LogP contribution in [0, 0.1) is 20.8 Å². The first kappa shape index (κ1) is 16.2. The van der Waals surface area contributed by atoms with E-state index in [1.165, 1.54) is 0 Å². The molecule has 0 saturated carbocycles. The highest BCUT2D eigenvalue weighted by Gasteiger charge is 2.25. The van der Waals surface area contributed by atoms with Crippen molar-refractivity contribution in [1.29, 1.82) is 0 Å². The molecule has 2 heterocycles. The zero-order valence-electron chi connectivity index (χ0n) is 13.3. The Hall–Kier alpha value is -2.67. The van der Waals surface area contributed by atoms with Gasteiger partial charge in [0.25, 0.3) is 5.91 Å². The molecule has 2 aromatic heterocycles. The third-order valence-electron chi connectivity index (χ3n) is 3.39. The van der Waals surface area contributed by atoms with Crippen LogP contribution in [0.2, 0.25) is 5.02 Å². The average Bonchev–Trinajstić information content (AvgIpc) is 3.11. The molecule has 3 aromatic rings. The monoisotopic (exact) mass is 346 g/mol. The first-order valence-electron chi connectivity index (χ1n) is 7.24. The van der Waals surface area contributed by atoms with Crippen molar-refractivity contribution in [3.8, 4) is 0 Å². The van der Waals surface area contributed by atoms with Crippen molar-refractivity contribution in [2.45, 2.75) is 26.8 Å². The molecule has 0 aliphatic heterocycles. The second kappa shape index (κ2) is 6.45. The van der Waals surface area contributed by atoms with Crippen LogP contribution < -0.4 is 5.32 Å². The molecule has 7 nitrogen and oxygen atoms in total. The largest absolute Gasteiger partial charge is 0.436 e. The topological polar surface area (TPSA) is 94.1 Å². The number of nitrogens with zero attached hydrogens (tertiary/aromatic N) is 3. The molecule has 1 N–H and O–H groups in total. The number of hydrogen-bond donors (Lipinski definition) is 1. The van der Waals surface area contributed by atoms with Crippen molar-refractivity contribution < 1.29 is 13.7 Å². The molecule has 0 spiro atoms. The van der Waals surface area contributed by atoms with Gasteiger partial charge in [0.2, 0.25) is 11.7 Å². The zero-order valence-corrected chi connectivity index (χ0v) is 14.1. The van der Waals surface area contributed by atoms with Gasteiger partial charge in [0.15, 0.2) is 11.7 Å². The van der Waals surface area contributed by atoms with Gasteiger partial charge in [-0.25, -0.2) is 4.98 Å². The normalized spacial score (nSPS) is 12.2. The Bertz CT molecular complexity index is 870. The summed E-state index contributed by atoms with van der Waals surface area (Å²) < 4.78 is 10.4. The van der Waals surface area contributed by atoms with Crippen LogP contribution >= 0.6 is 11.6 Å². The van der Waals surface area contributed by atoms with Crippen LogP contribution in [0.15, 0.2) is 33.2 Å². The molecule has 3 rings (SSSR count). The number of carbonyl (C=O) groups is 1. The van der Waals surface area contributed by atoms with E-state index >= 15 is 0 Å². The van der Waals surface area contributed by atoms with E-state index in [1.807, 2.05) is 0 Å². The van der Waals surface area contributed by atoms with Gasteiger partial charge in [-0.05, 0) is 24.6 Å². The minimum absolute atomic E-state index is 0.159. The number of oxazole rings is 1. The van der Waals surface area contributed by atoms with E-state index < -0.39 is 11.9 Å². The average molecular weight is 347 g/mol. The van der Waals surface area contributed by atoms with Crippen LogP contribution in [0.1, 0.15) is 45.5 Å². The standard InChI is InChI=1S/C16H15ClN4O3/c1-8-14(23-9(2)18-8)16(22)20-13(15-19-10(3)24-21-15)11-4-6-12(17)7-5-11/h4-7,13H,1-3H3,(H,20,22)/t13-/m0/s1. The van der Waals surface area contributed by atoms with Crippen molar-refractivity contribution in [2.24, 2.45) is 0 Å². The van der Waals surface area contributed by atoms with Gasteiger partial charge < -0.3 is 14.3 Å². The van der Waals surface area contributed by atoms with Gasteiger partial charge in [-0.15, -0.1) is 0 Å². The number of rotatable bonds is 4. The van der Waals surface area contributed by atoms with Gasteiger partial charge in [-0.3, -0.25) is 4.79 Å². The molecule has 0 bridgehead atoms. The molecule has 124 valence electrons. The Morgan fingerprint density at radius 3 is 2.38 bits per heavy atom. The highest BCUT2D eigenvalue weighted by atomic mass is 35.5. The lowest BCUT2D eigenvalue weighted by Gasteiger charge is -2.15. The molecule has 1 atom stereocenters. The van der Waals surface area contributed by atoms with Crippen LogP contribution in [0.4, 0.5) is 0 Å². The van der Waals surface area contributed by atoms with Gasteiger partial charge >= 0.3 is 0 Å². The summed E-state index contributed by atoms with van der Waals surface area (Å²) >= 11 is 5.93. The summed E-state index contributed by atoms with van der Waals surface area (Å²) in [7, 11) is 0. The van der Waals surface area contributed by atoms with Crippen molar-refractivity contribution >= 4 is 17.5 Å². The van der Waals surface area contributed by atoms with Gasteiger partial charge in [0.1, 0.15) is 6.04 Å². The lowest BCUT2D eigenvalue weighted by molar-refractivity contribution is 0.0911. The summed E-state index contributed by atoms with van der Waals surface area (Å²) in [6.45, 7) is 5.07. The smallest absolute Gasteiger partial charge is 0.289 e. The van der Waals surface area contributed by atoms with Crippen molar-refractivity contribution in [2.75, 3.05) is 0 Å². The number of hydrogen-bond acceptors (Lipinski definition) is 6. The second-order valence-corrected chi connectivity index (χ2v) is 5.71. The van der Waals surface area contributed by atoms with E-state index in [1.54, 1.807) is 45.0 Å². The van der Waals surface area contributed by atoms with Crippen molar-refractivity contribution in [1.82, 2.24) is 20.4 Å². The summed E-state index contributed by atoms with van der Waals surface area (Å²) in [6, 6.07) is 6.44. The van der Waals surface area contributed by atoms with Crippen LogP contribution in [0.5, 0.6) is 0 Å². The number of amides is 1.